The summed E-state index contributed by atoms with van der Waals surface area (Å²) in [6, 6.07) is 9.52. The summed E-state index contributed by atoms with van der Waals surface area (Å²) in [5.41, 5.74) is 2.92. The molecule has 5 heteroatoms. The number of nitrogens with zero attached hydrogens (tertiary/aromatic N) is 1. The van der Waals surface area contributed by atoms with E-state index in [1.54, 1.807) is 7.11 Å². The molecule has 4 fully saturated rings. The van der Waals surface area contributed by atoms with Crippen LogP contribution in [0, 0.1) is 17.3 Å². The molecule has 2 aliphatic carbocycles. The second kappa shape index (κ2) is 5.21. The number of carbonyl (C=O) groups excluding carboxylic acids is 1. The first-order valence-corrected chi connectivity index (χ1v) is 10.3. The van der Waals surface area contributed by atoms with E-state index in [0.29, 0.717) is 12.0 Å². The number of anilines is 1. The lowest BCUT2D eigenvalue weighted by atomic mass is 9.56. The first-order chi connectivity index (χ1) is 12.5. The number of para-hydroxylation sites is 1. The largest absolute Gasteiger partial charge is 1.00 e. The maximum atomic E-state index is 13.0. The van der Waals surface area contributed by atoms with E-state index in [1.165, 1.54) is 48.1 Å². The minimum atomic E-state index is -0.172. The van der Waals surface area contributed by atoms with E-state index in [-0.39, 0.29) is 52.2 Å². The van der Waals surface area contributed by atoms with Crippen molar-refractivity contribution in [1.29, 1.82) is 0 Å². The van der Waals surface area contributed by atoms with Crippen molar-refractivity contribution in [2.24, 2.45) is 17.3 Å². The van der Waals surface area contributed by atoms with Crippen molar-refractivity contribution < 1.29 is 38.0 Å². The number of benzene rings is 1. The van der Waals surface area contributed by atoms with Crippen LogP contribution in [0.15, 0.2) is 24.3 Å². The molecule has 2 saturated heterocycles. The molecule has 1 aromatic carbocycles. The number of ether oxygens (including phenoxy) is 1. The molecule has 1 aromatic rings. The third-order valence-corrected chi connectivity index (χ3v) is 9.62. The average molecular weight is 480 g/mol. The second-order valence-corrected chi connectivity index (χ2v) is 9.93. The van der Waals surface area contributed by atoms with Crippen molar-refractivity contribution in [3.8, 4) is 0 Å². The molecular formula is C22H29IN2O2. The number of hydrogen-bond donors (Lipinski definition) is 1. The molecule has 3 heterocycles. The number of quaternary nitrogens is 1. The lowest BCUT2D eigenvalue weighted by Crippen LogP contribution is -3.00. The Morgan fingerprint density at radius 1 is 1.26 bits per heavy atom. The average Bonchev–Trinajstić information content (AvgIpc) is 3.27. The summed E-state index contributed by atoms with van der Waals surface area (Å²) < 4.78 is 6.56. The number of piperidine rings is 1. The Morgan fingerprint density at radius 2 is 2.04 bits per heavy atom. The topological polar surface area (TPSA) is 38.3 Å². The molecule has 7 atom stereocenters. The third kappa shape index (κ3) is 1.59. The van der Waals surface area contributed by atoms with Crippen LogP contribution in [0.3, 0.4) is 0 Å². The molecule has 6 rings (SSSR count). The number of halogens is 1. The molecular weight excluding hydrogens is 451 g/mol. The molecule has 146 valence electrons. The Hall–Kier alpha value is -0.820. The van der Waals surface area contributed by atoms with Gasteiger partial charge in [-0.25, -0.2) is 0 Å². The van der Waals surface area contributed by atoms with Gasteiger partial charge in [-0.05, 0) is 36.8 Å². The number of hydrogen-bond acceptors (Lipinski definition) is 3. The van der Waals surface area contributed by atoms with Crippen molar-refractivity contribution in [2.75, 3.05) is 32.6 Å². The highest BCUT2D eigenvalue weighted by Gasteiger charge is 2.89. The number of fused-ring (bicyclic) bond motifs is 1. The van der Waals surface area contributed by atoms with E-state index in [2.05, 4.69) is 43.6 Å². The zero-order chi connectivity index (χ0) is 17.9. The molecule has 2 saturated carbocycles. The van der Waals surface area contributed by atoms with Gasteiger partial charge in [0, 0.05) is 17.5 Å². The summed E-state index contributed by atoms with van der Waals surface area (Å²) in [5, 5.41) is 3.99. The molecule has 0 aromatic heterocycles. The number of likely N-dealkylation sites (N-methyl/N-ethyl adjacent to an activating group) is 1. The van der Waals surface area contributed by atoms with Crippen LogP contribution in [-0.2, 0) is 14.9 Å². The lowest BCUT2D eigenvalue weighted by molar-refractivity contribution is -0.936. The van der Waals surface area contributed by atoms with Crippen LogP contribution in [0.1, 0.15) is 38.2 Å². The van der Waals surface area contributed by atoms with E-state index < -0.39 is 0 Å². The Morgan fingerprint density at radius 3 is 2.81 bits per heavy atom. The fourth-order valence-corrected chi connectivity index (χ4v) is 9.19. The van der Waals surface area contributed by atoms with Crippen LogP contribution in [0.2, 0.25) is 0 Å². The first kappa shape index (κ1) is 18.2. The standard InChI is InChI=1S/C22H29N2O2.HI/c1-14-20-9-6-11-24(2)12-10-21(19(20)24)15-7-4-5-8-17(15)23-22(14,21)16(13-20)18(25)26-3;/h4-5,7-8,14,16,19,23H,6,9-13H2,1-3H3;1H/q+1;/p-1/t14-,16+,19+,20+,21-,22-,24?;/m1./s1. The molecule has 1 N–H and O–H groups in total. The van der Waals surface area contributed by atoms with Gasteiger partial charge in [0.15, 0.2) is 0 Å². The first-order valence-electron chi connectivity index (χ1n) is 10.3. The maximum absolute atomic E-state index is 13.0. The highest BCUT2D eigenvalue weighted by Crippen LogP contribution is 2.80. The van der Waals surface area contributed by atoms with Crippen LogP contribution >= 0.6 is 0 Å². The second-order valence-electron chi connectivity index (χ2n) is 9.93. The van der Waals surface area contributed by atoms with Gasteiger partial charge in [-0.2, -0.15) is 0 Å². The van der Waals surface area contributed by atoms with Crippen molar-refractivity contribution in [3.63, 3.8) is 0 Å². The number of nitrogens with one attached hydrogen (secondary N) is 1. The quantitative estimate of drug-likeness (QED) is 0.348. The minimum Gasteiger partial charge on any atom is -1.00 e. The Bertz CT molecular complexity index is 845. The predicted octanol–water partition coefficient (Wildman–Crippen LogP) is -0.0656. The molecule has 3 aliphatic heterocycles. The Balaban J connectivity index is 0.00000160. The van der Waals surface area contributed by atoms with Crippen LogP contribution in [0.25, 0.3) is 0 Å². The third-order valence-electron chi connectivity index (χ3n) is 9.62. The van der Waals surface area contributed by atoms with Crippen LogP contribution in [-0.4, -0.2) is 49.3 Å². The minimum absolute atomic E-state index is 0. The van der Waals surface area contributed by atoms with Gasteiger partial charge in [-0.1, -0.05) is 25.1 Å². The van der Waals surface area contributed by atoms with Crippen molar-refractivity contribution in [1.82, 2.24) is 0 Å². The van der Waals surface area contributed by atoms with Crippen molar-refractivity contribution in [2.45, 2.75) is 49.6 Å². The van der Waals surface area contributed by atoms with Gasteiger partial charge >= 0.3 is 5.97 Å². The van der Waals surface area contributed by atoms with Crippen LogP contribution < -0.4 is 29.3 Å². The molecule has 5 aliphatic rings. The van der Waals surface area contributed by atoms with Gasteiger partial charge in [-0.3, -0.25) is 4.79 Å². The molecule has 2 bridgehead atoms. The number of rotatable bonds is 1. The summed E-state index contributed by atoms with van der Waals surface area (Å²) in [4.78, 5) is 13.0. The van der Waals surface area contributed by atoms with Crippen molar-refractivity contribution >= 4 is 11.7 Å². The molecule has 1 unspecified atom stereocenters. The molecule has 27 heavy (non-hydrogen) atoms. The van der Waals surface area contributed by atoms with Gasteiger partial charge in [0.1, 0.15) is 6.04 Å². The fraction of sp³-hybridized carbons (Fsp3) is 0.682. The van der Waals surface area contributed by atoms with Gasteiger partial charge in [0.2, 0.25) is 0 Å². The lowest BCUT2D eigenvalue weighted by Gasteiger charge is -2.54. The molecule has 0 amide bonds. The Kier molecular flexibility index (Phi) is 3.51. The number of methoxy groups -OCH3 is 1. The van der Waals surface area contributed by atoms with Gasteiger partial charge in [-0.15, -0.1) is 0 Å². The van der Waals surface area contributed by atoms with E-state index in [4.69, 9.17) is 4.74 Å². The fourth-order valence-electron chi connectivity index (χ4n) is 9.19. The zero-order valence-corrected chi connectivity index (χ0v) is 18.6. The van der Waals surface area contributed by atoms with Gasteiger partial charge in [0.05, 0.1) is 44.1 Å². The van der Waals surface area contributed by atoms with Crippen LogP contribution in [0.4, 0.5) is 5.69 Å². The van der Waals surface area contributed by atoms with Gasteiger partial charge in [0.25, 0.3) is 0 Å². The summed E-state index contributed by atoms with van der Waals surface area (Å²) in [6.07, 6.45) is 4.76. The smallest absolute Gasteiger partial charge is 0.311 e. The maximum Gasteiger partial charge on any atom is 0.311 e. The summed E-state index contributed by atoms with van der Waals surface area (Å²) in [5.74, 6) is 0.462. The molecule has 4 nitrogen and oxygen atoms in total. The number of carbonyl (C=O) groups is 1. The zero-order valence-electron chi connectivity index (χ0n) is 16.4. The SMILES string of the molecule is COC(=O)[C@@H]1C[C@@]23CCC[N+]4(C)CC[C@@]5(c6ccccc6N[C@]15[C@@H]2C)[C@H]34.[I-]. The number of esters is 1. The summed E-state index contributed by atoms with van der Waals surface area (Å²) >= 11 is 0. The summed E-state index contributed by atoms with van der Waals surface area (Å²) in [6.45, 7) is 4.98. The molecule has 0 radical (unpaired) electrons. The van der Waals surface area contributed by atoms with Gasteiger partial charge < -0.3 is 38.5 Å². The monoisotopic (exact) mass is 480 g/mol. The summed E-state index contributed by atoms with van der Waals surface area (Å²) in [7, 11) is 4.06. The van der Waals surface area contributed by atoms with E-state index in [9.17, 15) is 4.79 Å². The Labute approximate surface area is 178 Å². The van der Waals surface area contributed by atoms with Crippen LogP contribution in [0.5, 0.6) is 0 Å². The highest BCUT2D eigenvalue weighted by molar-refractivity contribution is 5.82. The van der Waals surface area contributed by atoms with E-state index >= 15 is 0 Å². The van der Waals surface area contributed by atoms with Crippen molar-refractivity contribution in [3.05, 3.63) is 29.8 Å². The highest BCUT2D eigenvalue weighted by atomic mass is 127. The molecule has 3 spiro atoms. The normalized spacial score (nSPS) is 50.3. The predicted molar refractivity (Wildman–Crippen MR) is 99.8 cm³/mol. The van der Waals surface area contributed by atoms with E-state index in [0.717, 1.165) is 6.42 Å². The van der Waals surface area contributed by atoms with E-state index in [1.807, 2.05) is 0 Å².